The van der Waals surface area contributed by atoms with Crippen LogP contribution in [0.2, 0.25) is 0 Å². The van der Waals surface area contributed by atoms with Gasteiger partial charge in [-0.05, 0) is 69.2 Å². The molecule has 35 heavy (non-hydrogen) atoms. The monoisotopic (exact) mass is 501 g/mol. The molecule has 0 saturated carbocycles. The van der Waals surface area contributed by atoms with E-state index in [1.54, 1.807) is 22.8 Å². The van der Waals surface area contributed by atoms with Crippen molar-refractivity contribution < 1.29 is 13.2 Å². The summed E-state index contributed by atoms with van der Waals surface area (Å²) in [5.41, 5.74) is 7.48. The Kier molecular flexibility index (Phi) is 6.82. The van der Waals surface area contributed by atoms with Crippen LogP contribution in [0.25, 0.3) is 11.3 Å². The van der Waals surface area contributed by atoms with Crippen molar-refractivity contribution >= 4 is 21.7 Å². The van der Waals surface area contributed by atoms with Gasteiger partial charge in [-0.1, -0.05) is 0 Å². The standard InChI is InChI=1S/C24H35N7O3S/c1-35(33,34)30-10-6-16(7-11-30)19-12-21(31(15-19)24(32)17-4-8-26-9-5-17)23-28-14-20(29-23)18-2-3-22(25)27-13-18/h2-3,13-14,16-17,19,21,26H,4-12,15H2,1H3,(H2,25,27)(H,28,29)/t19-,21-/m0/s1. The lowest BCUT2D eigenvalue weighted by Gasteiger charge is -2.33. The van der Waals surface area contributed by atoms with Crippen LogP contribution < -0.4 is 11.1 Å². The summed E-state index contributed by atoms with van der Waals surface area (Å²) in [6.07, 6.45) is 9.03. The lowest BCUT2D eigenvalue weighted by atomic mass is 9.83. The fourth-order valence-corrected chi connectivity index (χ4v) is 6.79. The number of carbonyl (C=O) groups excluding carboxylic acids is 1. The van der Waals surface area contributed by atoms with Gasteiger partial charge in [0.05, 0.1) is 24.2 Å². The van der Waals surface area contributed by atoms with Crippen LogP contribution in [-0.4, -0.2) is 77.5 Å². The molecule has 0 aliphatic carbocycles. The summed E-state index contributed by atoms with van der Waals surface area (Å²) in [5, 5.41) is 3.35. The lowest BCUT2D eigenvalue weighted by molar-refractivity contribution is -0.137. The molecule has 1 amide bonds. The first-order chi connectivity index (χ1) is 16.8. The Hall–Kier alpha value is -2.50. The van der Waals surface area contributed by atoms with Crippen LogP contribution in [-0.2, 0) is 14.8 Å². The Morgan fingerprint density at radius 3 is 2.46 bits per heavy atom. The topological polar surface area (TPSA) is 137 Å². The maximum absolute atomic E-state index is 13.7. The molecule has 0 unspecified atom stereocenters. The average molecular weight is 502 g/mol. The normalized spacial score (nSPS) is 25.2. The summed E-state index contributed by atoms with van der Waals surface area (Å²) in [5.74, 6) is 2.26. The van der Waals surface area contributed by atoms with Gasteiger partial charge >= 0.3 is 0 Å². The number of piperidine rings is 2. The van der Waals surface area contributed by atoms with Gasteiger partial charge in [-0.2, -0.15) is 0 Å². The molecule has 0 bridgehead atoms. The first kappa shape index (κ1) is 24.2. The Balaban J connectivity index is 1.36. The van der Waals surface area contributed by atoms with Crippen molar-refractivity contribution in [3.05, 3.63) is 30.4 Å². The first-order valence-electron chi connectivity index (χ1n) is 12.5. The van der Waals surface area contributed by atoms with Gasteiger partial charge in [0.25, 0.3) is 0 Å². The van der Waals surface area contributed by atoms with E-state index in [9.17, 15) is 13.2 Å². The fraction of sp³-hybridized carbons (Fsp3) is 0.625. The molecule has 0 aromatic carbocycles. The summed E-state index contributed by atoms with van der Waals surface area (Å²) in [6, 6.07) is 3.56. The molecule has 11 heteroatoms. The number of rotatable bonds is 5. The summed E-state index contributed by atoms with van der Waals surface area (Å²) < 4.78 is 25.5. The number of nitrogen functional groups attached to an aromatic ring is 1. The molecular weight excluding hydrogens is 466 g/mol. The van der Waals surface area contributed by atoms with Crippen molar-refractivity contribution in [1.29, 1.82) is 0 Å². The fourth-order valence-electron chi connectivity index (χ4n) is 5.91. The van der Waals surface area contributed by atoms with Crippen molar-refractivity contribution in [2.24, 2.45) is 17.8 Å². The van der Waals surface area contributed by atoms with Crippen LogP contribution in [0.5, 0.6) is 0 Å². The zero-order valence-corrected chi connectivity index (χ0v) is 21.0. The van der Waals surface area contributed by atoms with E-state index >= 15 is 0 Å². The Bertz CT molecular complexity index is 1140. The second kappa shape index (κ2) is 9.87. The zero-order valence-electron chi connectivity index (χ0n) is 20.2. The number of pyridine rings is 1. The molecule has 2 aromatic heterocycles. The smallest absolute Gasteiger partial charge is 0.226 e. The van der Waals surface area contributed by atoms with Gasteiger partial charge in [-0.3, -0.25) is 4.79 Å². The van der Waals surface area contributed by atoms with Crippen LogP contribution in [0.4, 0.5) is 5.82 Å². The number of likely N-dealkylation sites (tertiary alicyclic amines) is 1. The van der Waals surface area contributed by atoms with Crippen molar-refractivity contribution in [2.75, 3.05) is 44.7 Å². The van der Waals surface area contributed by atoms with Gasteiger partial charge in [0.2, 0.25) is 15.9 Å². The Morgan fingerprint density at radius 1 is 1.06 bits per heavy atom. The molecule has 0 radical (unpaired) electrons. The molecule has 190 valence electrons. The molecule has 3 fully saturated rings. The van der Waals surface area contributed by atoms with Gasteiger partial charge < -0.3 is 20.9 Å². The van der Waals surface area contributed by atoms with Gasteiger partial charge in [-0.15, -0.1) is 0 Å². The molecular formula is C24H35N7O3S. The highest BCUT2D eigenvalue weighted by Gasteiger charge is 2.43. The third kappa shape index (κ3) is 5.22. The Labute approximate surface area is 206 Å². The molecule has 3 saturated heterocycles. The van der Waals surface area contributed by atoms with Gasteiger partial charge in [0.1, 0.15) is 11.6 Å². The highest BCUT2D eigenvalue weighted by Crippen LogP contribution is 2.42. The number of anilines is 1. The molecule has 2 atom stereocenters. The molecule has 10 nitrogen and oxygen atoms in total. The minimum Gasteiger partial charge on any atom is -0.384 e. The molecule has 3 aliphatic heterocycles. The summed E-state index contributed by atoms with van der Waals surface area (Å²) in [6.45, 7) is 3.56. The molecule has 4 N–H and O–H groups in total. The highest BCUT2D eigenvalue weighted by atomic mass is 32.2. The van der Waals surface area contributed by atoms with Crippen LogP contribution in [0.15, 0.2) is 24.5 Å². The number of amides is 1. The minimum atomic E-state index is -3.16. The van der Waals surface area contributed by atoms with E-state index in [1.165, 1.54) is 6.26 Å². The molecule has 3 aliphatic rings. The van der Waals surface area contributed by atoms with Crippen molar-refractivity contribution in [3.63, 3.8) is 0 Å². The predicted molar refractivity (Wildman–Crippen MR) is 134 cm³/mol. The number of carbonyl (C=O) groups is 1. The maximum Gasteiger partial charge on any atom is 0.226 e. The second-order valence-electron chi connectivity index (χ2n) is 10.2. The molecule has 5 rings (SSSR count). The van der Waals surface area contributed by atoms with E-state index in [0.29, 0.717) is 37.3 Å². The average Bonchev–Trinajstić information content (AvgIpc) is 3.52. The number of nitrogens with two attached hydrogens (primary N) is 1. The van der Waals surface area contributed by atoms with Crippen molar-refractivity contribution in [2.45, 2.75) is 38.1 Å². The van der Waals surface area contributed by atoms with Gasteiger partial charge in [0, 0.05) is 37.3 Å². The number of nitrogens with one attached hydrogen (secondary N) is 2. The lowest BCUT2D eigenvalue weighted by Crippen LogP contribution is -2.42. The zero-order chi connectivity index (χ0) is 24.6. The summed E-state index contributed by atoms with van der Waals surface area (Å²) in [4.78, 5) is 28.0. The summed E-state index contributed by atoms with van der Waals surface area (Å²) >= 11 is 0. The number of nitrogens with zero attached hydrogens (tertiary/aromatic N) is 4. The Morgan fingerprint density at radius 2 is 1.80 bits per heavy atom. The molecule has 5 heterocycles. The summed E-state index contributed by atoms with van der Waals surface area (Å²) in [7, 11) is -3.16. The predicted octanol–water partition coefficient (Wildman–Crippen LogP) is 1.61. The van der Waals surface area contributed by atoms with E-state index in [2.05, 4.69) is 15.3 Å². The van der Waals surface area contributed by atoms with Crippen LogP contribution in [0.1, 0.15) is 44.0 Å². The third-order valence-corrected chi connectivity index (χ3v) is 9.25. The minimum absolute atomic E-state index is 0.0420. The quantitative estimate of drug-likeness (QED) is 0.566. The number of aromatic nitrogens is 3. The number of hydrogen-bond donors (Lipinski definition) is 3. The highest BCUT2D eigenvalue weighted by molar-refractivity contribution is 7.88. The molecule has 0 spiro atoms. The van der Waals surface area contributed by atoms with E-state index in [0.717, 1.165) is 62.3 Å². The number of H-pyrrole nitrogens is 1. The number of sulfonamides is 1. The second-order valence-corrected chi connectivity index (χ2v) is 12.2. The third-order valence-electron chi connectivity index (χ3n) is 7.95. The van der Waals surface area contributed by atoms with E-state index in [1.807, 2.05) is 11.0 Å². The maximum atomic E-state index is 13.7. The van der Waals surface area contributed by atoms with Crippen LogP contribution >= 0.6 is 0 Å². The SMILES string of the molecule is CS(=O)(=O)N1CCC([C@H]2C[C@@H](c3ncc(-c4ccc(N)nc4)[nH]3)N(C(=O)C3CCNCC3)C2)CC1. The van der Waals surface area contributed by atoms with E-state index in [4.69, 9.17) is 10.7 Å². The van der Waals surface area contributed by atoms with E-state index in [-0.39, 0.29) is 17.9 Å². The van der Waals surface area contributed by atoms with Crippen molar-refractivity contribution in [3.8, 4) is 11.3 Å². The number of aromatic amines is 1. The van der Waals surface area contributed by atoms with Crippen molar-refractivity contribution in [1.82, 2.24) is 29.5 Å². The largest absolute Gasteiger partial charge is 0.384 e. The first-order valence-corrected chi connectivity index (χ1v) is 14.4. The molecule has 2 aromatic rings. The number of imidazole rings is 1. The van der Waals surface area contributed by atoms with Crippen LogP contribution in [0, 0.1) is 17.8 Å². The van der Waals surface area contributed by atoms with Crippen LogP contribution in [0.3, 0.4) is 0 Å². The number of hydrogen-bond acceptors (Lipinski definition) is 7. The van der Waals surface area contributed by atoms with Gasteiger partial charge in [-0.25, -0.2) is 22.7 Å². The van der Waals surface area contributed by atoms with E-state index < -0.39 is 10.0 Å². The van der Waals surface area contributed by atoms with Gasteiger partial charge in [0.15, 0.2) is 0 Å².